The van der Waals surface area contributed by atoms with Gasteiger partial charge in [0.15, 0.2) is 6.10 Å². The van der Waals surface area contributed by atoms with E-state index in [2.05, 4.69) is 68.5 Å². The van der Waals surface area contributed by atoms with Gasteiger partial charge in [0.1, 0.15) is 6.61 Å². The number of esters is 2. The molecule has 0 saturated heterocycles. The van der Waals surface area contributed by atoms with E-state index in [0.717, 1.165) is 51.4 Å². The maximum absolute atomic E-state index is 12.5. The minimum absolute atomic E-state index is 0.00552. The highest BCUT2D eigenvalue weighted by Gasteiger charge is 2.25. The fraction of sp³-hybridized carbons (Fsp3) is 0.682. The third kappa shape index (κ3) is 39.2. The van der Waals surface area contributed by atoms with Crippen molar-refractivity contribution >= 4 is 19.8 Å². The molecule has 0 amide bonds. The van der Waals surface area contributed by atoms with Gasteiger partial charge in [-0.1, -0.05) is 157 Å². The molecule has 0 radical (unpaired) electrons. The highest BCUT2D eigenvalue weighted by atomic mass is 31.2. The Kier molecular flexibility index (Phi) is 38.2. The normalized spacial score (nSPS) is 14.1. The number of hydrogen-bond acceptors (Lipinski definition) is 8. The number of rotatable bonds is 38. The van der Waals surface area contributed by atoms with Crippen LogP contribution >= 0.6 is 7.82 Å². The first-order chi connectivity index (χ1) is 26.3. The minimum atomic E-state index is -4.40. The van der Waals surface area contributed by atoms with E-state index in [1.807, 2.05) is 12.2 Å². The molecule has 10 heteroatoms. The van der Waals surface area contributed by atoms with Crippen molar-refractivity contribution in [3.8, 4) is 0 Å². The molecule has 0 aliphatic carbocycles. The quantitative estimate of drug-likeness (QED) is 0.0272. The molecule has 0 aromatic rings. The van der Waals surface area contributed by atoms with E-state index in [4.69, 9.17) is 24.3 Å². The number of hydrogen-bond donors (Lipinski definition) is 2. The summed E-state index contributed by atoms with van der Waals surface area (Å²) in [7, 11) is -4.40. The molecule has 310 valence electrons. The molecule has 0 heterocycles. The Bertz CT molecular complexity index is 1110. The van der Waals surface area contributed by atoms with Crippen molar-refractivity contribution in [2.75, 3.05) is 26.4 Å². The Balaban J connectivity index is 4.29. The van der Waals surface area contributed by atoms with Crippen molar-refractivity contribution in [3.63, 3.8) is 0 Å². The van der Waals surface area contributed by atoms with Crippen LogP contribution in [0.1, 0.15) is 162 Å². The Morgan fingerprint density at radius 3 is 1.59 bits per heavy atom. The average Bonchev–Trinajstić information content (AvgIpc) is 3.16. The summed E-state index contributed by atoms with van der Waals surface area (Å²) in [5, 5.41) is 0. The van der Waals surface area contributed by atoms with E-state index in [9.17, 15) is 19.0 Å². The summed E-state index contributed by atoms with van der Waals surface area (Å²) < 4.78 is 32.6. The lowest BCUT2D eigenvalue weighted by atomic mass is 10.1. The van der Waals surface area contributed by atoms with Crippen LogP contribution < -0.4 is 5.73 Å². The standard InChI is InChI=1S/C44H76NO8P/c1-3-5-7-9-11-13-15-17-19-20-21-23-24-26-28-30-32-34-36-43(46)50-40-42(41-52-54(48,49)51-39-38-45)53-44(47)37-35-33-31-29-27-25-22-18-16-14-12-10-8-6-4-2/h6,8,12,14,18-20,22,27,29,33,35,42H,3-5,7,9-11,13,15-17,21,23-26,28,30-32,34,36-41,45H2,1-2H3,(H,48,49)/b8-6-,14-12-,20-19-,22-18-,29-27-,35-33-. The first-order valence-electron chi connectivity index (χ1n) is 20.9. The zero-order valence-corrected chi connectivity index (χ0v) is 34.8. The van der Waals surface area contributed by atoms with Crippen molar-refractivity contribution in [1.29, 1.82) is 0 Å². The Morgan fingerprint density at radius 2 is 1.07 bits per heavy atom. The zero-order chi connectivity index (χ0) is 39.6. The number of ether oxygens (including phenoxy) is 2. The number of carbonyl (C=O) groups excluding carboxylic acids is 2. The lowest BCUT2D eigenvalue weighted by Crippen LogP contribution is -2.29. The van der Waals surface area contributed by atoms with Gasteiger partial charge in [0, 0.05) is 13.0 Å². The lowest BCUT2D eigenvalue weighted by Gasteiger charge is -2.19. The fourth-order valence-electron chi connectivity index (χ4n) is 5.29. The molecule has 3 N–H and O–H groups in total. The molecule has 54 heavy (non-hydrogen) atoms. The Morgan fingerprint density at radius 1 is 0.593 bits per heavy atom. The second kappa shape index (κ2) is 40.1. The number of allylic oxidation sites excluding steroid dienone is 11. The molecule has 0 aliphatic heterocycles. The number of nitrogens with two attached hydrogens (primary N) is 1. The second-order valence-electron chi connectivity index (χ2n) is 13.5. The van der Waals surface area contributed by atoms with Gasteiger partial charge in [-0.2, -0.15) is 0 Å². The van der Waals surface area contributed by atoms with Crippen LogP contribution in [0.2, 0.25) is 0 Å². The van der Waals surface area contributed by atoms with Crippen LogP contribution in [0.15, 0.2) is 72.9 Å². The molecule has 0 rings (SSSR count). The lowest BCUT2D eigenvalue weighted by molar-refractivity contribution is -0.160. The summed E-state index contributed by atoms with van der Waals surface area (Å²) in [6.45, 7) is 3.48. The van der Waals surface area contributed by atoms with Crippen LogP contribution in [0.5, 0.6) is 0 Å². The van der Waals surface area contributed by atoms with Crippen LogP contribution in [0.4, 0.5) is 0 Å². The van der Waals surface area contributed by atoms with Crippen molar-refractivity contribution < 1.29 is 37.6 Å². The van der Waals surface area contributed by atoms with E-state index in [1.54, 1.807) is 6.08 Å². The van der Waals surface area contributed by atoms with Crippen LogP contribution in [0, 0.1) is 0 Å². The molecular weight excluding hydrogens is 701 g/mol. The molecule has 0 saturated carbocycles. The first-order valence-corrected chi connectivity index (χ1v) is 22.4. The van der Waals surface area contributed by atoms with Gasteiger partial charge in [-0.3, -0.25) is 18.6 Å². The summed E-state index contributed by atoms with van der Waals surface area (Å²) in [5.41, 5.74) is 5.33. The first kappa shape index (κ1) is 51.5. The molecule has 0 aliphatic rings. The largest absolute Gasteiger partial charge is 0.472 e. The van der Waals surface area contributed by atoms with Gasteiger partial charge in [0.05, 0.1) is 19.6 Å². The van der Waals surface area contributed by atoms with Crippen LogP contribution in [0.25, 0.3) is 0 Å². The summed E-state index contributed by atoms with van der Waals surface area (Å²) in [6, 6.07) is 0. The monoisotopic (exact) mass is 778 g/mol. The predicted octanol–water partition coefficient (Wildman–Crippen LogP) is 11.9. The van der Waals surface area contributed by atoms with Crippen molar-refractivity contribution in [3.05, 3.63) is 72.9 Å². The summed E-state index contributed by atoms with van der Waals surface area (Å²) in [6.07, 6.45) is 48.2. The van der Waals surface area contributed by atoms with Crippen LogP contribution in [-0.2, 0) is 32.7 Å². The molecule has 2 atom stereocenters. The predicted molar refractivity (Wildman–Crippen MR) is 224 cm³/mol. The molecule has 0 bridgehead atoms. The summed E-state index contributed by atoms with van der Waals surface area (Å²) >= 11 is 0. The van der Waals surface area contributed by atoms with E-state index in [-0.39, 0.29) is 32.6 Å². The summed E-state index contributed by atoms with van der Waals surface area (Å²) in [5.74, 6) is -0.986. The van der Waals surface area contributed by atoms with Gasteiger partial charge < -0.3 is 20.1 Å². The SMILES string of the molecule is CC/C=C\C/C=C\C/C=C\C/C=C\C/C=C\CC(=O)OC(COC(=O)CCCCCCCCC/C=C\CCCCCCCCC)COP(=O)(O)OCCN. The topological polar surface area (TPSA) is 134 Å². The van der Waals surface area contributed by atoms with Crippen LogP contribution in [-0.4, -0.2) is 49.3 Å². The molecule has 0 aromatic heterocycles. The van der Waals surface area contributed by atoms with Gasteiger partial charge >= 0.3 is 19.8 Å². The highest BCUT2D eigenvalue weighted by Crippen LogP contribution is 2.43. The molecule has 2 unspecified atom stereocenters. The van der Waals surface area contributed by atoms with Crippen LogP contribution in [0.3, 0.4) is 0 Å². The molecule has 0 fully saturated rings. The van der Waals surface area contributed by atoms with Crippen molar-refractivity contribution in [1.82, 2.24) is 0 Å². The minimum Gasteiger partial charge on any atom is -0.462 e. The Hall–Kier alpha value is -2.55. The molecule has 0 spiro atoms. The number of phosphoric ester groups is 1. The maximum Gasteiger partial charge on any atom is 0.472 e. The zero-order valence-electron chi connectivity index (χ0n) is 33.9. The third-order valence-corrected chi connectivity index (χ3v) is 9.34. The van der Waals surface area contributed by atoms with Gasteiger partial charge in [0.25, 0.3) is 0 Å². The molecular formula is C44H76NO8P. The number of unbranched alkanes of at least 4 members (excludes halogenated alkanes) is 14. The fourth-order valence-corrected chi connectivity index (χ4v) is 6.06. The van der Waals surface area contributed by atoms with Crippen molar-refractivity contribution in [2.24, 2.45) is 5.73 Å². The second-order valence-corrected chi connectivity index (χ2v) is 14.9. The van der Waals surface area contributed by atoms with E-state index in [0.29, 0.717) is 12.8 Å². The third-order valence-electron chi connectivity index (χ3n) is 8.36. The van der Waals surface area contributed by atoms with E-state index >= 15 is 0 Å². The van der Waals surface area contributed by atoms with Crippen molar-refractivity contribution in [2.45, 2.75) is 168 Å². The van der Waals surface area contributed by atoms with E-state index < -0.39 is 32.5 Å². The average molecular weight is 778 g/mol. The highest BCUT2D eigenvalue weighted by molar-refractivity contribution is 7.47. The van der Waals surface area contributed by atoms with Gasteiger partial charge in [-0.25, -0.2) is 4.57 Å². The number of phosphoric acid groups is 1. The number of carbonyl (C=O) groups is 2. The van der Waals surface area contributed by atoms with Gasteiger partial charge in [-0.15, -0.1) is 0 Å². The van der Waals surface area contributed by atoms with Gasteiger partial charge in [-0.05, 0) is 64.2 Å². The molecule has 9 nitrogen and oxygen atoms in total. The Labute approximate surface area is 329 Å². The summed E-state index contributed by atoms with van der Waals surface area (Å²) in [4.78, 5) is 34.7. The van der Waals surface area contributed by atoms with E-state index in [1.165, 1.54) is 70.6 Å². The smallest absolute Gasteiger partial charge is 0.462 e. The molecule has 0 aromatic carbocycles. The maximum atomic E-state index is 12.5. The van der Waals surface area contributed by atoms with Gasteiger partial charge in [0.2, 0.25) is 0 Å².